The lowest BCUT2D eigenvalue weighted by molar-refractivity contribution is -0.123. The van der Waals surface area contributed by atoms with Gasteiger partial charge in [0, 0.05) is 17.8 Å². The van der Waals surface area contributed by atoms with Crippen LogP contribution in [0.4, 0.5) is 5.69 Å². The molecule has 2 aromatic heterocycles. The third kappa shape index (κ3) is 4.30. The van der Waals surface area contributed by atoms with Gasteiger partial charge in [-0.3, -0.25) is 14.5 Å². The van der Waals surface area contributed by atoms with Crippen molar-refractivity contribution in [2.75, 3.05) is 4.90 Å². The molecule has 0 aliphatic heterocycles. The normalized spacial score (nSPS) is 15.5. The summed E-state index contributed by atoms with van der Waals surface area (Å²) >= 11 is 0. The number of amides is 2. The van der Waals surface area contributed by atoms with Gasteiger partial charge in [0.05, 0.1) is 6.20 Å². The van der Waals surface area contributed by atoms with Crippen molar-refractivity contribution in [2.24, 2.45) is 0 Å². The largest absolute Gasteiger partial charge is 0.464 e. The van der Waals surface area contributed by atoms with Crippen molar-refractivity contribution < 1.29 is 18.5 Å². The fourth-order valence-corrected chi connectivity index (χ4v) is 3.92. The van der Waals surface area contributed by atoms with E-state index in [9.17, 15) is 9.59 Å². The van der Waals surface area contributed by atoms with E-state index in [4.69, 9.17) is 8.94 Å². The maximum absolute atomic E-state index is 13.5. The van der Waals surface area contributed by atoms with Crippen LogP contribution in [0.3, 0.4) is 0 Å². The summed E-state index contributed by atoms with van der Waals surface area (Å²) in [6, 6.07) is 13.2. The van der Waals surface area contributed by atoms with E-state index in [-0.39, 0.29) is 17.7 Å². The van der Waals surface area contributed by atoms with Crippen LogP contribution in [0.25, 0.3) is 0 Å². The Balaban J connectivity index is 1.74. The van der Waals surface area contributed by atoms with Crippen LogP contribution in [0.2, 0.25) is 0 Å². The van der Waals surface area contributed by atoms with Gasteiger partial charge in [-0.05, 0) is 44.0 Å². The summed E-state index contributed by atoms with van der Waals surface area (Å²) in [5.41, 5.74) is 0.566. The predicted molar refractivity (Wildman–Crippen MR) is 111 cm³/mol. The fraction of sp³-hybridized carbons (Fsp3) is 0.348. The molecule has 30 heavy (non-hydrogen) atoms. The number of rotatable bonds is 6. The van der Waals surface area contributed by atoms with Crippen molar-refractivity contribution in [1.29, 1.82) is 0 Å². The maximum atomic E-state index is 13.5. The highest BCUT2D eigenvalue weighted by molar-refractivity contribution is 6.08. The molecule has 7 nitrogen and oxygen atoms in total. The highest BCUT2D eigenvalue weighted by Crippen LogP contribution is 2.31. The third-order valence-electron chi connectivity index (χ3n) is 5.39. The Morgan fingerprint density at radius 3 is 2.47 bits per heavy atom. The fourth-order valence-electron chi connectivity index (χ4n) is 3.92. The van der Waals surface area contributed by atoms with E-state index in [1.807, 2.05) is 25.1 Å². The average molecular weight is 407 g/mol. The molecule has 0 radical (unpaired) electrons. The third-order valence-corrected chi connectivity index (χ3v) is 5.39. The van der Waals surface area contributed by atoms with Crippen LogP contribution in [-0.2, 0) is 4.79 Å². The number of nitrogens with zero attached hydrogens (tertiary/aromatic N) is 2. The number of aryl methyl sites for hydroxylation is 1. The second-order valence-corrected chi connectivity index (χ2v) is 7.58. The van der Waals surface area contributed by atoms with Gasteiger partial charge in [0.25, 0.3) is 11.8 Å². The summed E-state index contributed by atoms with van der Waals surface area (Å²) in [6.07, 6.45) is 6.66. The number of hydrogen-bond acceptors (Lipinski definition) is 5. The molecule has 0 spiro atoms. The van der Waals surface area contributed by atoms with Gasteiger partial charge < -0.3 is 14.3 Å². The molecule has 156 valence electrons. The monoisotopic (exact) mass is 407 g/mol. The topological polar surface area (TPSA) is 88.6 Å². The highest BCUT2D eigenvalue weighted by Gasteiger charge is 2.37. The van der Waals surface area contributed by atoms with Crippen LogP contribution >= 0.6 is 0 Å². The van der Waals surface area contributed by atoms with Crippen molar-refractivity contribution >= 4 is 17.5 Å². The molecule has 1 saturated carbocycles. The Labute approximate surface area is 175 Å². The zero-order valence-corrected chi connectivity index (χ0v) is 16.9. The second-order valence-electron chi connectivity index (χ2n) is 7.58. The Bertz CT molecular complexity index is 975. The summed E-state index contributed by atoms with van der Waals surface area (Å²) in [6.45, 7) is 1.81. The molecule has 1 N–H and O–H groups in total. The quantitative estimate of drug-likeness (QED) is 0.654. The lowest BCUT2D eigenvalue weighted by atomic mass is 9.95. The van der Waals surface area contributed by atoms with E-state index in [0.29, 0.717) is 17.2 Å². The number of para-hydroxylation sites is 1. The first kappa shape index (κ1) is 19.9. The van der Waals surface area contributed by atoms with Crippen molar-refractivity contribution in [3.63, 3.8) is 0 Å². The first-order chi connectivity index (χ1) is 14.6. The zero-order valence-electron chi connectivity index (χ0n) is 16.9. The zero-order chi connectivity index (χ0) is 20.9. The van der Waals surface area contributed by atoms with Crippen LogP contribution in [0.15, 0.2) is 63.7 Å². The van der Waals surface area contributed by atoms with E-state index in [1.165, 1.54) is 23.6 Å². The number of aromatic nitrogens is 1. The van der Waals surface area contributed by atoms with E-state index in [0.717, 1.165) is 25.7 Å². The predicted octanol–water partition coefficient (Wildman–Crippen LogP) is 4.41. The SMILES string of the molecule is Cc1ccc([C@@H](C(=O)NC2CCCCC2)N(C(=O)c2ccno2)c2ccccc2)o1. The maximum Gasteiger partial charge on any atom is 0.297 e. The summed E-state index contributed by atoms with van der Waals surface area (Å²) < 4.78 is 10.9. The number of anilines is 1. The molecule has 0 unspecified atom stereocenters. The number of benzene rings is 1. The molecule has 2 heterocycles. The summed E-state index contributed by atoms with van der Waals surface area (Å²) in [7, 11) is 0. The van der Waals surface area contributed by atoms with Gasteiger partial charge in [-0.25, -0.2) is 0 Å². The minimum Gasteiger partial charge on any atom is -0.464 e. The van der Waals surface area contributed by atoms with Crippen LogP contribution in [0.1, 0.15) is 60.2 Å². The van der Waals surface area contributed by atoms with Gasteiger partial charge in [0.1, 0.15) is 11.5 Å². The molecule has 1 atom stereocenters. The molecular formula is C23H25N3O4. The Hall–Kier alpha value is -3.35. The molecule has 1 fully saturated rings. The molecule has 1 aliphatic carbocycles. The number of carbonyl (C=O) groups excluding carboxylic acids is 2. The molecule has 1 aliphatic rings. The second kappa shape index (κ2) is 8.98. The Morgan fingerprint density at radius 1 is 1.07 bits per heavy atom. The smallest absolute Gasteiger partial charge is 0.297 e. The van der Waals surface area contributed by atoms with Gasteiger partial charge in [0.2, 0.25) is 5.76 Å². The van der Waals surface area contributed by atoms with Gasteiger partial charge in [-0.1, -0.05) is 42.6 Å². The van der Waals surface area contributed by atoms with Gasteiger partial charge in [-0.15, -0.1) is 0 Å². The molecule has 4 rings (SSSR count). The van der Waals surface area contributed by atoms with Crippen LogP contribution in [0.5, 0.6) is 0 Å². The van der Waals surface area contributed by atoms with Crippen LogP contribution in [0, 0.1) is 6.92 Å². The standard InChI is InChI=1S/C23H25N3O4/c1-16-12-13-19(29-16)21(22(27)25-17-8-4-2-5-9-17)26(18-10-6-3-7-11-18)23(28)20-14-15-24-30-20/h3,6-7,10-15,17,21H,2,4-5,8-9H2,1H3,(H,25,27)/t21-/m0/s1. The van der Waals surface area contributed by atoms with Crippen molar-refractivity contribution in [1.82, 2.24) is 10.5 Å². The lowest BCUT2D eigenvalue weighted by Gasteiger charge is -2.31. The molecule has 0 saturated heterocycles. The first-order valence-corrected chi connectivity index (χ1v) is 10.3. The van der Waals surface area contributed by atoms with E-state index in [1.54, 1.807) is 24.3 Å². The number of hydrogen-bond donors (Lipinski definition) is 1. The van der Waals surface area contributed by atoms with E-state index in [2.05, 4.69) is 10.5 Å². The summed E-state index contributed by atoms with van der Waals surface area (Å²) in [5.74, 6) is 0.389. The van der Waals surface area contributed by atoms with E-state index >= 15 is 0 Å². The molecule has 1 aromatic carbocycles. The van der Waals surface area contributed by atoms with Crippen molar-refractivity contribution in [3.8, 4) is 0 Å². The van der Waals surface area contributed by atoms with Crippen LogP contribution < -0.4 is 10.2 Å². The number of nitrogens with one attached hydrogen (secondary N) is 1. The van der Waals surface area contributed by atoms with Gasteiger partial charge >= 0.3 is 0 Å². The summed E-state index contributed by atoms with van der Waals surface area (Å²) in [5, 5.41) is 6.79. The highest BCUT2D eigenvalue weighted by atomic mass is 16.5. The van der Waals surface area contributed by atoms with Gasteiger partial charge in [-0.2, -0.15) is 0 Å². The summed E-state index contributed by atoms with van der Waals surface area (Å²) in [4.78, 5) is 28.3. The molecule has 2 amide bonds. The van der Waals surface area contributed by atoms with Crippen LogP contribution in [-0.4, -0.2) is 23.0 Å². The van der Waals surface area contributed by atoms with Crippen molar-refractivity contribution in [2.45, 2.75) is 51.1 Å². The lowest BCUT2D eigenvalue weighted by Crippen LogP contribution is -2.47. The Morgan fingerprint density at radius 2 is 1.83 bits per heavy atom. The molecule has 3 aromatic rings. The first-order valence-electron chi connectivity index (χ1n) is 10.3. The minimum absolute atomic E-state index is 0.0533. The Kier molecular flexibility index (Phi) is 5.97. The van der Waals surface area contributed by atoms with Gasteiger partial charge in [0.15, 0.2) is 6.04 Å². The van der Waals surface area contributed by atoms with Crippen molar-refractivity contribution in [3.05, 3.63) is 72.0 Å². The molecule has 0 bridgehead atoms. The average Bonchev–Trinajstić information content (AvgIpc) is 3.45. The van der Waals surface area contributed by atoms with E-state index < -0.39 is 11.9 Å². The molecule has 7 heteroatoms. The number of carbonyl (C=O) groups is 2. The minimum atomic E-state index is -0.972. The molecular weight excluding hydrogens is 382 g/mol. The number of furan rings is 1.